The Morgan fingerprint density at radius 2 is 1.78 bits per heavy atom. The van der Waals surface area contributed by atoms with E-state index in [1.807, 2.05) is 73.6 Å². The molecule has 11 heteroatoms. The van der Waals surface area contributed by atoms with Crippen LogP contribution in [0.5, 0.6) is 0 Å². The molecule has 1 saturated heterocycles. The molecule has 3 aromatic rings. The van der Waals surface area contributed by atoms with E-state index in [-0.39, 0.29) is 22.8 Å². The van der Waals surface area contributed by atoms with Gasteiger partial charge in [0.1, 0.15) is 5.25 Å². The van der Waals surface area contributed by atoms with E-state index >= 15 is 0 Å². The van der Waals surface area contributed by atoms with Crippen LogP contribution in [0.15, 0.2) is 69.5 Å². The number of aliphatic carboxylic acids is 1. The Balaban J connectivity index is 1.73. The van der Waals surface area contributed by atoms with Crippen molar-refractivity contribution in [3.8, 4) is 5.69 Å². The zero-order chi connectivity index (χ0) is 26.0. The summed E-state index contributed by atoms with van der Waals surface area (Å²) in [6.45, 7) is 1.76. The van der Waals surface area contributed by atoms with Gasteiger partial charge in [-0.05, 0) is 36.8 Å². The molecule has 1 fully saturated rings. The van der Waals surface area contributed by atoms with Crippen LogP contribution in [-0.4, -0.2) is 62.1 Å². The van der Waals surface area contributed by atoms with E-state index in [2.05, 4.69) is 10.1 Å². The number of carbonyl (C=O) groups is 2. The van der Waals surface area contributed by atoms with Crippen molar-refractivity contribution in [3.05, 3.63) is 76.2 Å². The van der Waals surface area contributed by atoms with Crippen LogP contribution in [0.3, 0.4) is 0 Å². The number of amidine groups is 1. The number of carbonyl (C=O) groups excluding carboxylic acids is 1. The molecule has 1 amide bonds. The second-order valence-electron chi connectivity index (χ2n) is 8.39. The van der Waals surface area contributed by atoms with Crippen molar-refractivity contribution in [2.24, 2.45) is 17.1 Å². The molecule has 186 valence electrons. The van der Waals surface area contributed by atoms with E-state index in [4.69, 9.17) is 0 Å². The van der Waals surface area contributed by atoms with Gasteiger partial charge in [0.25, 0.3) is 11.5 Å². The predicted molar refractivity (Wildman–Crippen MR) is 142 cm³/mol. The summed E-state index contributed by atoms with van der Waals surface area (Å²) in [5.74, 6) is -1.60. The van der Waals surface area contributed by atoms with Crippen LogP contribution in [0.2, 0.25) is 0 Å². The fourth-order valence-corrected chi connectivity index (χ4v) is 4.75. The Bertz CT molecular complexity index is 1410. The molecule has 0 bridgehead atoms. The minimum Gasteiger partial charge on any atom is -0.481 e. The van der Waals surface area contributed by atoms with Crippen LogP contribution in [-0.2, 0) is 16.6 Å². The summed E-state index contributed by atoms with van der Waals surface area (Å²) in [6.07, 6.45) is 1.13. The maximum Gasteiger partial charge on any atom is 0.305 e. The molecule has 1 N–H and O–H groups in total. The topological polar surface area (TPSA) is 112 Å². The van der Waals surface area contributed by atoms with E-state index in [0.29, 0.717) is 11.4 Å². The number of aromatic nitrogens is 2. The van der Waals surface area contributed by atoms with Gasteiger partial charge < -0.3 is 10.0 Å². The molecule has 4 rings (SSSR count). The van der Waals surface area contributed by atoms with Gasteiger partial charge in [-0.25, -0.2) is 9.67 Å². The Hall–Kier alpha value is -4.12. The highest BCUT2D eigenvalue weighted by Crippen LogP contribution is 2.32. The van der Waals surface area contributed by atoms with Gasteiger partial charge in [-0.1, -0.05) is 42.1 Å². The van der Waals surface area contributed by atoms with Crippen LogP contribution >= 0.6 is 11.8 Å². The van der Waals surface area contributed by atoms with Crippen LogP contribution in [0.1, 0.15) is 17.7 Å². The number of aliphatic imine (C=N–C) groups is 1. The molecule has 1 aliphatic rings. The second kappa shape index (κ2) is 10.2. The summed E-state index contributed by atoms with van der Waals surface area (Å²) < 4.78 is 3.18. The Labute approximate surface area is 212 Å². The first-order chi connectivity index (χ1) is 17.2. The van der Waals surface area contributed by atoms with Gasteiger partial charge in [0, 0.05) is 26.8 Å². The van der Waals surface area contributed by atoms with Crippen molar-refractivity contribution in [3.63, 3.8) is 0 Å². The first-order valence-corrected chi connectivity index (χ1v) is 12.0. The number of para-hydroxylation sites is 1. The zero-order valence-electron chi connectivity index (χ0n) is 20.3. The second-order valence-corrected chi connectivity index (χ2v) is 9.56. The third kappa shape index (κ3) is 4.96. The number of hydrogen-bond acceptors (Lipinski definition) is 7. The number of hydrogen-bond donors (Lipinski definition) is 1. The minimum absolute atomic E-state index is 0.151. The molecule has 1 aliphatic heterocycles. The highest BCUT2D eigenvalue weighted by Gasteiger charge is 2.40. The van der Waals surface area contributed by atoms with Crippen molar-refractivity contribution >= 4 is 46.4 Å². The number of carboxylic acid groups (broad SMARTS) is 1. The normalized spacial score (nSPS) is 16.9. The molecule has 2 heterocycles. The van der Waals surface area contributed by atoms with E-state index in [1.165, 1.54) is 10.9 Å². The van der Waals surface area contributed by atoms with Gasteiger partial charge in [0.05, 0.1) is 24.0 Å². The van der Waals surface area contributed by atoms with E-state index < -0.39 is 17.1 Å². The average Bonchev–Trinajstić information content (AvgIpc) is 3.25. The number of carboxylic acids is 1. The molecule has 0 saturated carbocycles. The lowest BCUT2D eigenvalue weighted by Crippen LogP contribution is -2.28. The number of benzene rings is 2. The summed E-state index contributed by atoms with van der Waals surface area (Å²) in [7, 11) is 5.62. The number of nitrogens with zero attached hydrogens (tertiary/aromatic N) is 6. The standard InChI is InChI=1S/C25H26N6O4S/c1-16-22(24(35)31(29(16)4)19-8-6-5-7-9-19)27-25-30(23(34)20(36-25)14-21(32)33)26-15-17-10-12-18(13-11-17)28(2)3/h5-13,15,20H,14H2,1-4H3,(H,32,33)/b26-15-,27-25?/t20-/m0/s1. The van der Waals surface area contributed by atoms with Gasteiger partial charge in [-0.2, -0.15) is 10.1 Å². The van der Waals surface area contributed by atoms with E-state index in [9.17, 15) is 19.5 Å². The van der Waals surface area contributed by atoms with E-state index in [0.717, 1.165) is 28.0 Å². The fourth-order valence-electron chi connectivity index (χ4n) is 3.69. The molecule has 10 nitrogen and oxygen atoms in total. The van der Waals surface area contributed by atoms with Crippen molar-refractivity contribution in [1.82, 2.24) is 14.4 Å². The van der Waals surface area contributed by atoms with Crippen molar-refractivity contribution in [1.29, 1.82) is 0 Å². The lowest BCUT2D eigenvalue weighted by atomic mass is 10.2. The average molecular weight is 507 g/mol. The van der Waals surface area contributed by atoms with Crippen molar-refractivity contribution < 1.29 is 14.7 Å². The number of rotatable bonds is 7. The molecule has 0 unspecified atom stereocenters. The van der Waals surface area contributed by atoms with Crippen molar-refractivity contribution in [2.75, 3.05) is 19.0 Å². The van der Waals surface area contributed by atoms with Gasteiger partial charge in [0.15, 0.2) is 10.9 Å². The molecule has 0 radical (unpaired) electrons. The molecule has 2 aromatic carbocycles. The van der Waals surface area contributed by atoms with Gasteiger partial charge in [-0.15, -0.1) is 0 Å². The number of anilines is 1. The Morgan fingerprint density at radius 1 is 1.11 bits per heavy atom. The molecule has 0 aliphatic carbocycles. The number of amides is 1. The third-order valence-electron chi connectivity index (χ3n) is 5.74. The molecular formula is C25H26N6O4S. The molecule has 0 spiro atoms. The highest BCUT2D eigenvalue weighted by atomic mass is 32.2. The van der Waals surface area contributed by atoms with Gasteiger partial charge in [0.2, 0.25) is 0 Å². The summed E-state index contributed by atoms with van der Waals surface area (Å²) in [5.41, 5.74) is 2.83. The maximum atomic E-state index is 13.3. The molecule has 1 atom stereocenters. The molecule has 1 aromatic heterocycles. The van der Waals surface area contributed by atoms with Crippen LogP contribution in [0, 0.1) is 6.92 Å². The highest BCUT2D eigenvalue weighted by molar-refractivity contribution is 8.15. The number of thioether (sulfide) groups is 1. The van der Waals surface area contributed by atoms with Gasteiger partial charge in [-0.3, -0.25) is 19.1 Å². The Kier molecular flexibility index (Phi) is 7.11. The first-order valence-electron chi connectivity index (χ1n) is 11.1. The first kappa shape index (κ1) is 25.0. The summed E-state index contributed by atoms with van der Waals surface area (Å²) in [6, 6.07) is 16.7. The maximum absolute atomic E-state index is 13.3. The zero-order valence-corrected chi connectivity index (χ0v) is 21.1. The lowest BCUT2D eigenvalue weighted by Gasteiger charge is -2.12. The molecular weight excluding hydrogens is 480 g/mol. The lowest BCUT2D eigenvalue weighted by molar-refractivity contribution is -0.139. The molecule has 36 heavy (non-hydrogen) atoms. The number of hydrazone groups is 1. The van der Waals surface area contributed by atoms with E-state index in [1.54, 1.807) is 18.7 Å². The van der Waals surface area contributed by atoms with Crippen LogP contribution < -0.4 is 10.5 Å². The fraction of sp³-hybridized carbons (Fsp3) is 0.240. The van der Waals surface area contributed by atoms with Gasteiger partial charge >= 0.3 is 5.97 Å². The van der Waals surface area contributed by atoms with Crippen molar-refractivity contribution in [2.45, 2.75) is 18.6 Å². The Morgan fingerprint density at radius 3 is 2.39 bits per heavy atom. The largest absolute Gasteiger partial charge is 0.481 e. The summed E-state index contributed by atoms with van der Waals surface area (Å²) in [4.78, 5) is 44.1. The monoisotopic (exact) mass is 506 g/mol. The third-order valence-corrected chi connectivity index (χ3v) is 6.86. The SMILES string of the molecule is Cc1c(N=C2S[C@@H](CC(=O)O)C(=O)N2/N=C\c2ccc(N(C)C)cc2)c(=O)n(-c2ccccc2)n1C. The van der Waals surface area contributed by atoms with Crippen LogP contribution in [0.4, 0.5) is 11.4 Å². The smallest absolute Gasteiger partial charge is 0.305 e. The van der Waals surface area contributed by atoms with Crippen LogP contribution in [0.25, 0.3) is 5.69 Å². The summed E-state index contributed by atoms with van der Waals surface area (Å²) in [5, 5.41) is 13.9. The minimum atomic E-state index is -1.10. The quantitative estimate of drug-likeness (QED) is 0.493. The predicted octanol–water partition coefficient (Wildman–Crippen LogP) is 2.99. The summed E-state index contributed by atoms with van der Waals surface area (Å²) >= 11 is 0.988.